The second-order valence-corrected chi connectivity index (χ2v) is 4.11. The molecule has 0 bridgehead atoms. The number of ether oxygens (including phenoxy) is 1. The van der Waals surface area contributed by atoms with Crippen molar-refractivity contribution in [2.24, 2.45) is 0 Å². The van der Waals surface area contributed by atoms with E-state index in [1.165, 1.54) is 4.90 Å². The molecule has 1 aromatic carbocycles. The van der Waals surface area contributed by atoms with Crippen molar-refractivity contribution in [3.05, 3.63) is 35.4 Å². The molecule has 1 aliphatic rings. The molecule has 0 N–H and O–H groups in total. The second-order valence-electron chi connectivity index (χ2n) is 4.11. The van der Waals surface area contributed by atoms with E-state index < -0.39 is 18.9 Å². The highest BCUT2D eigenvalue weighted by atomic mass is 19.4. The minimum Gasteiger partial charge on any atom is -0.440 e. The lowest BCUT2D eigenvalue weighted by Crippen LogP contribution is -2.37. The fourth-order valence-electron chi connectivity index (χ4n) is 1.89. The third-order valence-electron chi connectivity index (χ3n) is 2.75. The number of rotatable bonds is 1. The van der Waals surface area contributed by atoms with Gasteiger partial charge >= 0.3 is 12.3 Å². The van der Waals surface area contributed by atoms with E-state index in [9.17, 15) is 18.0 Å². The van der Waals surface area contributed by atoms with Gasteiger partial charge in [-0.1, -0.05) is 24.3 Å². The van der Waals surface area contributed by atoms with E-state index in [2.05, 4.69) is 4.74 Å². The van der Waals surface area contributed by atoms with Gasteiger partial charge in [0, 0.05) is 13.1 Å². The van der Waals surface area contributed by atoms with Crippen molar-refractivity contribution in [1.29, 1.82) is 0 Å². The SMILES string of the molecule is O=C(OCC(F)(F)F)N1CCc2ccccc2C1. The van der Waals surface area contributed by atoms with Crippen LogP contribution in [0.2, 0.25) is 0 Å². The van der Waals surface area contributed by atoms with Gasteiger partial charge < -0.3 is 9.64 Å². The van der Waals surface area contributed by atoms with Crippen molar-refractivity contribution in [3.8, 4) is 0 Å². The van der Waals surface area contributed by atoms with Crippen molar-refractivity contribution in [3.63, 3.8) is 0 Å². The van der Waals surface area contributed by atoms with Gasteiger partial charge in [0.15, 0.2) is 6.61 Å². The number of hydrogen-bond acceptors (Lipinski definition) is 2. The van der Waals surface area contributed by atoms with Crippen molar-refractivity contribution < 1.29 is 22.7 Å². The molecule has 98 valence electrons. The Kier molecular flexibility index (Phi) is 3.45. The van der Waals surface area contributed by atoms with Crippen LogP contribution in [-0.2, 0) is 17.7 Å². The molecule has 0 aliphatic carbocycles. The average molecular weight is 259 g/mol. The molecule has 18 heavy (non-hydrogen) atoms. The van der Waals surface area contributed by atoms with E-state index in [1.807, 2.05) is 24.3 Å². The topological polar surface area (TPSA) is 29.5 Å². The number of amides is 1. The van der Waals surface area contributed by atoms with E-state index in [4.69, 9.17) is 0 Å². The molecule has 0 atom stereocenters. The van der Waals surface area contributed by atoms with E-state index in [1.54, 1.807) is 0 Å². The highest BCUT2D eigenvalue weighted by Crippen LogP contribution is 2.20. The average Bonchev–Trinajstić information content (AvgIpc) is 2.34. The zero-order valence-corrected chi connectivity index (χ0v) is 9.54. The highest BCUT2D eigenvalue weighted by Gasteiger charge is 2.31. The molecule has 1 heterocycles. The first kappa shape index (κ1) is 12.7. The van der Waals surface area contributed by atoms with E-state index >= 15 is 0 Å². The van der Waals surface area contributed by atoms with E-state index in [-0.39, 0.29) is 0 Å². The van der Waals surface area contributed by atoms with Gasteiger partial charge in [0.05, 0.1) is 0 Å². The Balaban J connectivity index is 1.95. The maximum Gasteiger partial charge on any atom is 0.422 e. The van der Waals surface area contributed by atoms with Gasteiger partial charge in [0.25, 0.3) is 0 Å². The molecule has 0 spiro atoms. The molecular weight excluding hydrogens is 247 g/mol. The molecule has 2 rings (SSSR count). The summed E-state index contributed by atoms with van der Waals surface area (Å²) in [6.07, 6.45) is -4.76. The molecule has 1 amide bonds. The summed E-state index contributed by atoms with van der Waals surface area (Å²) in [4.78, 5) is 12.7. The van der Waals surface area contributed by atoms with E-state index in [0.29, 0.717) is 19.5 Å². The monoisotopic (exact) mass is 259 g/mol. The molecule has 0 fully saturated rings. The van der Waals surface area contributed by atoms with Crippen LogP contribution < -0.4 is 0 Å². The number of carbonyl (C=O) groups is 1. The Morgan fingerprint density at radius 3 is 2.61 bits per heavy atom. The van der Waals surface area contributed by atoms with Crippen molar-refractivity contribution in [1.82, 2.24) is 4.90 Å². The number of benzene rings is 1. The summed E-state index contributed by atoms with van der Waals surface area (Å²) in [6, 6.07) is 7.55. The van der Waals surface area contributed by atoms with Crippen molar-refractivity contribution in [2.75, 3.05) is 13.2 Å². The first-order chi connectivity index (χ1) is 8.46. The number of nitrogens with zero attached hydrogens (tertiary/aromatic N) is 1. The van der Waals surface area contributed by atoms with Crippen LogP contribution in [0.4, 0.5) is 18.0 Å². The van der Waals surface area contributed by atoms with Gasteiger partial charge in [-0.15, -0.1) is 0 Å². The summed E-state index contributed by atoms with van der Waals surface area (Å²) in [5.41, 5.74) is 2.07. The Hall–Kier alpha value is -1.72. The second kappa shape index (κ2) is 4.88. The predicted octanol–water partition coefficient (Wildman–Crippen LogP) is 2.74. The Bertz CT molecular complexity index is 445. The Labute approximate surface area is 102 Å². The van der Waals surface area contributed by atoms with Crippen molar-refractivity contribution in [2.45, 2.75) is 19.1 Å². The number of fused-ring (bicyclic) bond motifs is 1. The lowest BCUT2D eigenvalue weighted by atomic mass is 10.0. The van der Waals surface area contributed by atoms with Crippen LogP contribution in [0.1, 0.15) is 11.1 Å². The lowest BCUT2D eigenvalue weighted by molar-refractivity contribution is -0.162. The highest BCUT2D eigenvalue weighted by molar-refractivity contribution is 5.68. The van der Waals surface area contributed by atoms with Crippen LogP contribution in [-0.4, -0.2) is 30.3 Å². The summed E-state index contributed by atoms with van der Waals surface area (Å²) in [6.45, 7) is -0.857. The van der Waals surface area contributed by atoms with Crippen LogP contribution in [0.5, 0.6) is 0 Å². The van der Waals surface area contributed by atoms with Gasteiger partial charge in [-0.05, 0) is 17.5 Å². The lowest BCUT2D eigenvalue weighted by Gasteiger charge is -2.28. The predicted molar refractivity (Wildman–Crippen MR) is 58.0 cm³/mol. The Morgan fingerprint density at radius 1 is 1.28 bits per heavy atom. The molecule has 0 aromatic heterocycles. The smallest absolute Gasteiger partial charge is 0.422 e. The van der Waals surface area contributed by atoms with Crippen LogP contribution in [0, 0.1) is 0 Å². The number of carbonyl (C=O) groups excluding carboxylic acids is 1. The number of hydrogen-bond donors (Lipinski definition) is 0. The summed E-state index contributed by atoms with van der Waals surface area (Å²) < 4.78 is 40.0. The van der Waals surface area contributed by atoms with Gasteiger partial charge in [-0.2, -0.15) is 13.2 Å². The van der Waals surface area contributed by atoms with Crippen molar-refractivity contribution >= 4 is 6.09 Å². The van der Waals surface area contributed by atoms with E-state index in [0.717, 1.165) is 11.1 Å². The number of alkyl halides is 3. The third-order valence-corrected chi connectivity index (χ3v) is 2.75. The first-order valence-corrected chi connectivity index (χ1v) is 5.51. The van der Waals surface area contributed by atoms with Crippen LogP contribution in [0.25, 0.3) is 0 Å². The largest absolute Gasteiger partial charge is 0.440 e. The molecule has 0 saturated heterocycles. The summed E-state index contributed by atoms with van der Waals surface area (Å²) in [5.74, 6) is 0. The molecule has 1 aromatic rings. The molecule has 3 nitrogen and oxygen atoms in total. The quantitative estimate of drug-likeness (QED) is 0.776. The molecular formula is C12H12F3NO2. The Morgan fingerprint density at radius 2 is 1.94 bits per heavy atom. The van der Waals surface area contributed by atoms with Gasteiger partial charge in [-0.25, -0.2) is 4.79 Å². The molecule has 1 aliphatic heterocycles. The standard InChI is InChI=1S/C12H12F3NO2/c13-12(14,15)8-18-11(17)16-6-5-9-3-1-2-4-10(9)7-16/h1-4H,5-8H2. The molecule has 6 heteroatoms. The van der Waals surface area contributed by atoms with Gasteiger partial charge in [0.1, 0.15) is 0 Å². The number of halogens is 3. The normalized spacial score (nSPS) is 15.2. The van der Waals surface area contributed by atoms with Gasteiger partial charge in [0.2, 0.25) is 0 Å². The van der Waals surface area contributed by atoms with Crippen LogP contribution in [0.3, 0.4) is 0 Å². The molecule has 0 saturated carbocycles. The summed E-state index contributed by atoms with van der Waals surface area (Å²) in [7, 11) is 0. The summed E-state index contributed by atoms with van der Waals surface area (Å²) in [5, 5.41) is 0. The zero-order valence-electron chi connectivity index (χ0n) is 9.54. The zero-order chi connectivity index (χ0) is 13.2. The maximum atomic E-state index is 11.9. The fourth-order valence-corrected chi connectivity index (χ4v) is 1.89. The minimum absolute atomic E-state index is 0.298. The summed E-state index contributed by atoms with van der Waals surface area (Å²) >= 11 is 0. The van der Waals surface area contributed by atoms with Gasteiger partial charge in [-0.3, -0.25) is 0 Å². The maximum absolute atomic E-state index is 11.9. The van der Waals surface area contributed by atoms with Crippen LogP contribution in [0.15, 0.2) is 24.3 Å². The minimum atomic E-state index is -4.48. The van der Waals surface area contributed by atoms with Crippen LogP contribution >= 0.6 is 0 Å². The first-order valence-electron chi connectivity index (χ1n) is 5.51. The molecule has 0 radical (unpaired) electrons. The molecule has 0 unspecified atom stereocenters. The third kappa shape index (κ3) is 3.15. The fraction of sp³-hybridized carbons (Fsp3) is 0.417.